The molecule has 3 aromatic rings. The third-order valence-corrected chi connectivity index (χ3v) is 6.96. The van der Waals surface area contributed by atoms with E-state index in [2.05, 4.69) is 14.9 Å². The molecule has 0 bridgehead atoms. The van der Waals surface area contributed by atoms with E-state index in [1.807, 2.05) is 26.1 Å². The third kappa shape index (κ3) is 4.28. The standard InChI is InChI=1S/C18H19ClN4O2S2/c1-11-7-12(2)17(13(3)8-11)27(24,25)22-15-9-14(19)5-6-16(15)26-18-21-20-10-23(18)4/h5-10,22H,1-4H3. The number of hydrogen-bond donors (Lipinski definition) is 1. The lowest BCUT2D eigenvalue weighted by molar-refractivity contribution is 0.600. The highest BCUT2D eigenvalue weighted by Gasteiger charge is 2.22. The van der Waals surface area contributed by atoms with Gasteiger partial charge >= 0.3 is 0 Å². The van der Waals surface area contributed by atoms with Crippen molar-refractivity contribution in [3.63, 3.8) is 0 Å². The zero-order valence-corrected chi connectivity index (χ0v) is 17.7. The Morgan fingerprint density at radius 3 is 2.37 bits per heavy atom. The van der Waals surface area contributed by atoms with Gasteiger partial charge in [-0.05, 0) is 61.9 Å². The Bertz CT molecular complexity index is 1090. The zero-order chi connectivity index (χ0) is 19.8. The second-order valence-electron chi connectivity index (χ2n) is 6.30. The fourth-order valence-corrected chi connectivity index (χ4v) is 5.52. The maximum Gasteiger partial charge on any atom is 0.262 e. The van der Waals surface area contributed by atoms with Crippen molar-refractivity contribution in [1.29, 1.82) is 0 Å². The summed E-state index contributed by atoms with van der Waals surface area (Å²) in [6, 6.07) is 8.77. The molecule has 0 radical (unpaired) electrons. The Morgan fingerprint density at radius 1 is 1.11 bits per heavy atom. The number of rotatable bonds is 5. The molecule has 0 saturated heterocycles. The van der Waals surface area contributed by atoms with E-state index in [0.29, 0.717) is 31.9 Å². The molecule has 142 valence electrons. The zero-order valence-electron chi connectivity index (χ0n) is 15.3. The summed E-state index contributed by atoms with van der Waals surface area (Å²) in [5, 5.41) is 8.96. The van der Waals surface area contributed by atoms with E-state index < -0.39 is 10.0 Å². The van der Waals surface area contributed by atoms with E-state index in [9.17, 15) is 8.42 Å². The van der Waals surface area contributed by atoms with E-state index in [1.54, 1.807) is 42.9 Å². The van der Waals surface area contributed by atoms with Crippen molar-refractivity contribution in [2.75, 3.05) is 4.72 Å². The fraction of sp³-hybridized carbons (Fsp3) is 0.222. The second-order valence-corrected chi connectivity index (χ2v) is 9.37. The van der Waals surface area contributed by atoms with Crippen LogP contribution in [0, 0.1) is 20.8 Å². The van der Waals surface area contributed by atoms with E-state index in [-0.39, 0.29) is 4.90 Å². The maximum atomic E-state index is 13.1. The molecule has 1 heterocycles. The van der Waals surface area contributed by atoms with Gasteiger partial charge in [0, 0.05) is 17.0 Å². The predicted molar refractivity (Wildman–Crippen MR) is 108 cm³/mol. The minimum absolute atomic E-state index is 0.280. The van der Waals surface area contributed by atoms with Crippen molar-refractivity contribution < 1.29 is 8.42 Å². The van der Waals surface area contributed by atoms with Crippen molar-refractivity contribution in [1.82, 2.24) is 14.8 Å². The summed E-state index contributed by atoms with van der Waals surface area (Å²) in [6.45, 7) is 5.53. The summed E-state index contributed by atoms with van der Waals surface area (Å²) in [6.07, 6.45) is 1.58. The van der Waals surface area contributed by atoms with Gasteiger partial charge in [0.1, 0.15) is 6.33 Å². The molecule has 27 heavy (non-hydrogen) atoms. The topological polar surface area (TPSA) is 76.9 Å². The molecule has 1 aromatic heterocycles. The quantitative estimate of drug-likeness (QED) is 0.661. The van der Waals surface area contributed by atoms with Gasteiger partial charge in [-0.15, -0.1) is 10.2 Å². The van der Waals surface area contributed by atoms with E-state index in [0.717, 1.165) is 5.56 Å². The summed E-state index contributed by atoms with van der Waals surface area (Å²) in [7, 11) is -1.96. The number of halogens is 1. The molecule has 3 rings (SSSR count). The number of nitrogens with one attached hydrogen (secondary N) is 1. The first-order valence-electron chi connectivity index (χ1n) is 8.09. The number of hydrogen-bond acceptors (Lipinski definition) is 5. The Balaban J connectivity index is 2.02. The fourth-order valence-electron chi connectivity index (χ4n) is 2.92. The van der Waals surface area contributed by atoms with Crippen LogP contribution in [0.3, 0.4) is 0 Å². The molecule has 1 N–H and O–H groups in total. The molecule has 0 saturated carbocycles. The third-order valence-electron chi connectivity index (χ3n) is 3.93. The number of sulfonamides is 1. The second kappa shape index (κ2) is 7.53. The van der Waals surface area contributed by atoms with E-state index in [1.165, 1.54) is 11.8 Å². The van der Waals surface area contributed by atoms with Crippen LogP contribution in [0.1, 0.15) is 16.7 Å². The van der Waals surface area contributed by atoms with Gasteiger partial charge in [0.15, 0.2) is 5.16 Å². The molecule has 0 atom stereocenters. The average molecular weight is 423 g/mol. The van der Waals surface area contributed by atoms with Gasteiger partial charge in [0.25, 0.3) is 10.0 Å². The molecule has 0 aliphatic carbocycles. The first-order chi connectivity index (χ1) is 12.7. The Labute approximate surface area is 168 Å². The van der Waals surface area contributed by atoms with E-state index >= 15 is 0 Å². The largest absolute Gasteiger partial charge is 0.311 e. The van der Waals surface area contributed by atoms with Crippen LogP contribution in [0.5, 0.6) is 0 Å². The monoisotopic (exact) mass is 422 g/mol. The maximum absolute atomic E-state index is 13.1. The van der Waals surface area contributed by atoms with Crippen LogP contribution >= 0.6 is 23.4 Å². The van der Waals surface area contributed by atoms with Crippen LogP contribution in [0.2, 0.25) is 5.02 Å². The molecule has 2 aromatic carbocycles. The van der Waals surface area contributed by atoms with Crippen molar-refractivity contribution in [3.05, 3.63) is 58.4 Å². The van der Waals surface area contributed by atoms with Crippen molar-refractivity contribution in [3.8, 4) is 0 Å². The Morgan fingerprint density at radius 2 is 1.78 bits per heavy atom. The highest BCUT2D eigenvalue weighted by Crippen LogP contribution is 2.35. The van der Waals surface area contributed by atoms with Crippen molar-refractivity contribution in [2.45, 2.75) is 35.7 Å². The molecule has 0 aliphatic heterocycles. The minimum atomic E-state index is -3.78. The number of anilines is 1. The molecular formula is C18H19ClN4O2S2. The number of benzene rings is 2. The summed E-state index contributed by atoms with van der Waals surface area (Å²) < 4.78 is 30.6. The molecule has 0 amide bonds. The minimum Gasteiger partial charge on any atom is -0.311 e. The van der Waals surface area contributed by atoms with Gasteiger partial charge in [0.05, 0.1) is 10.6 Å². The highest BCUT2D eigenvalue weighted by molar-refractivity contribution is 7.99. The van der Waals surface area contributed by atoms with E-state index in [4.69, 9.17) is 11.6 Å². The molecule has 0 aliphatic rings. The van der Waals surface area contributed by atoms with Crippen molar-refractivity contribution >= 4 is 39.1 Å². The smallest absolute Gasteiger partial charge is 0.262 e. The summed E-state index contributed by atoms with van der Waals surface area (Å²) in [4.78, 5) is 0.962. The number of aromatic nitrogens is 3. The van der Waals surface area contributed by atoms with Gasteiger partial charge in [-0.1, -0.05) is 29.3 Å². The molecule has 0 unspecified atom stereocenters. The van der Waals surface area contributed by atoms with Crippen LogP contribution < -0.4 is 4.72 Å². The molecule has 6 nitrogen and oxygen atoms in total. The van der Waals surface area contributed by atoms with Crippen molar-refractivity contribution in [2.24, 2.45) is 7.05 Å². The Hall–Kier alpha value is -2.03. The van der Waals surface area contributed by atoms with Crippen LogP contribution in [0.25, 0.3) is 0 Å². The van der Waals surface area contributed by atoms with Gasteiger partial charge in [-0.25, -0.2) is 8.42 Å². The number of aryl methyl sites for hydroxylation is 4. The Kier molecular flexibility index (Phi) is 5.50. The van der Waals surface area contributed by atoms with Gasteiger partial charge in [0.2, 0.25) is 0 Å². The summed E-state index contributed by atoms with van der Waals surface area (Å²) >= 11 is 7.42. The van der Waals surface area contributed by atoms with Crippen LogP contribution in [0.15, 0.2) is 51.6 Å². The molecular weight excluding hydrogens is 404 g/mol. The lowest BCUT2D eigenvalue weighted by Gasteiger charge is -2.16. The summed E-state index contributed by atoms with van der Waals surface area (Å²) in [5.74, 6) is 0. The lowest BCUT2D eigenvalue weighted by Crippen LogP contribution is -2.16. The highest BCUT2D eigenvalue weighted by atomic mass is 35.5. The predicted octanol–water partition coefficient (Wildman–Crippen LogP) is 4.35. The van der Waals surface area contributed by atoms with Gasteiger partial charge < -0.3 is 4.57 Å². The lowest BCUT2D eigenvalue weighted by atomic mass is 10.1. The normalized spacial score (nSPS) is 11.6. The summed E-state index contributed by atoms with van der Waals surface area (Å²) in [5.41, 5.74) is 2.81. The molecule has 0 fully saturated rings. The first-order valence-corrected chi connectivity index (χ1v) is 10.8. The van der Waals surface area contributed by atoms with Crippen LogP contribution in [-0.2, 0) is 17.1 Å². The van der Waals surface area contributed by atoms with Gasteiger partial charge in [-0.2, -0.15) is 0 Å². The van der Waals surface area contributed by atoms with Gasteiger partial charge in [-0.3, -0.25) is 4.72 Å². The molecule has 9 heteroatoms. The van der Waals surface area contributed by atoms with Crippen LogP contribution in [0.4, 0.5) is 5.69 Å². The SMILES string of the molecule is Cc1cc(C)c(S(=O)(=O)Nc2cc(Cl)ccc2Sc2nncn2C)c(C)c1. The first kappa shape index (κ1) is 19.7. The van der Waals surface area contributed by atoms with Crippen LogP contribution in [-0.4, -0.2) is 23.2 Å². The average Bonchev–Trinajstić information content (AvgIpc) is 2.93. The molecule has 0 spiro atoms. The number of nitrogens with zero attached hydrogens (tertiary/aromatic N) is 3.